The van der Waals surface area contributed by atoms with Gasteiger partial charge in [-0.3, -0.25) is 4.79 Å². The molecule has 0 amide bonds. The molecule has 2 aromatic heterocycles. The van der Waals surface area contributed by atoms with E-state index in [1.165, 1.54) is 10.2 Å². The molecule has 0 fully saturated rings. The van der Waals surface area contributed by atoms with Crippen LogP contribution < -0.4 is 5.56 Å². The van der Waals surface area contributed by atoms with E-state index in [4.69, 9.17) is 11.6 Å². The second kappa shape index (κ2) is 6.67. The molecule has 0 spiro atoms. The normalized spacial score (nSPS) is 11.3. The van der Waals surface area contributed by atoms with Gasteiger partial charge in [-0.25, -0.2) is 9.36 Å². The largest absolute Gasteiger partial charge is 0.293 e. The highest BCUT2D eigenvalue weighted by Gasteiger charge is 2.15. The molecule has 4 aromatic rings. The summed E-state index contributed by atoms with van der Waals surface area (Å²) in [6, 6.07) is 13.5. The Hall–Kier alpha value is -2.92. The lowest BCUT2D eigenvalue weighted by atomic mass is 10.1. The fraction of sp³-hybridized carbons (Fsp3) is 0.190. The first kappa shape index (κ1) is 17.5. The van der Waals surface area contributed by atoms with Gasteiger partial charge in [-0.1, -0.05) is 29.8 Å². The molecule has 0 unspecified atom stereocenters. The van der Waals surface area contributed by atoms with Gasteiger partial charge >= 0.3 is 0 Å². The lowest BCUT2D eigenvalue weighted by Gasteiger charge is -2.10. The van der Waals surface area contributed by atoms with Gasteiger partial charge in [-0.15, -0.1) is 0 Å². The van der Waals surface area contributed by atoms with Crippen molar-refractivity contribution in [3.8, 4) is 5.69 Å². The predicted octanol–water partition coefficient (Wildman–Crippen LogP) is 4.21. The van der Waals surface area contributed by atoms with Gasteiger partial charge in [0.25, 0.3) is 5.56 Å². The van der Waals surface area contributed by atoms with Crippen molar-refractivity contribution in [2.24, 2.45) is 0 Å². The van der Waals surface area contributed by atoms with E-state index in [1.54, 1.807) is 10.9 Å². The third-order valence-electron chi connectivity index (χ3n) is 4.82. The zero-order chi connectivity index (χ0) is 19.1. The van der Waals surface area contributed by atoms with Crippen molar-refractivity contribution in [2.75, 3.05) is 0 Å². The van der Waals surface area contributed by atoms with Crippen LogP contribution in [0.15, 0.2) is 53.5 Å². The summed E-state index contributed by atoms with van der Waals surface area (Å²) in [5.41, 5.74) is 5.27. The Labute approximate surface area is 161 Å². The molecule has 0 aliphatic heterocycles. The molecule has 0 atom stereocenters. The zero-order valence-corrected chi connectivity index (χ0v) is 16.2. The highest BCUT2D eigenvalue weighted by atomic mass is 35.5. The van der Waals surface area contributed by atoms with Crippen LogP contribution >= 0.6 is 11.6 Å². The van der Waals surface area contributed by atoms with E-state index in [9.17, 15) is 4.79 Å². The van der Waals surface area contributed by atoms with Crippen LogP contribution in [0, 0.1) is 20.8 Å². The van der Waals surface area contributed by atoms with Gasteiger partial charge in [-0.2, -0.15) is 10.2 Å². The highest BCUT2D eigenvalue weighted by molar-refractivity contribution is 6.30. The summed E-state index contributed by atoms with van der Waals surface area (Å²) in [4.78, 5) is 13.2. The van der Waals surface area contributed by atoms with Crippen LogP contribution in [0.5, 0.6) is 0 Å². The summed E-state index contributed by atoms with van der Waals surface area (Å²) in [6.45, 7) is 6.36. The van der Waals surface area contributed by atoms with E-state index in [2.05, 4.69) is 24.0 Å². The molecular weight excluding hydrogens is 360 g/mol. The van der Waals surface area contributed by atoms with Gasteiger partial charge in [0, 0.05) is 10.4 Å². The number of halogens is 1. The SMILES string of the molecule is Cc1ccc(-n2ncc3c(C)nn(Cc4cccc(Cl)c4)c(=O)c32)cc1C. The third kappa shape index (κ3) is 3.15. The number of aromatic nitrogens is 4. The second-order valence-electron chi connectivity index (χ2n) is 6.77. The van der Waals surface area contributed by atoms with Crippen LogP contribution in [0.3, 0.4) is 0 Å². The number of fused-ring (bicyclic) bond motifs is 1. The summed E-state index contributed by atoms with van der Waals surface area (Å²) < 4.78 is 3.18. The van der Waals surface area contributed by atoms with Gasteiger partial charge in [0.05, 0.1) is 24.1 Å². The third-order valence-corrected chi connectivity index (χ3v) is 5.06. The van der Waals surface area contributed by atoms with Crippen molar-refractivity contribution in [1.29, 1.82) is 0 Å². The van der Waals surface area contributed by atoms with E-state index in [1.807, 2.05) is 49.4 Å². The Bertz CT molecular complexity index is 1220. The molecule has 0 aliphatic carbocycles. The number of hydrogen-bond acceptors (Lipinski definition) is 3. The first-order valence-electron chi connectivity index (χ1n) is 8.71. The van der Waals surface area contributed by atoms with E-state index < -0.39 is 0 Å². The maximum atomic E-state index is 13.2. The van der Waals surface area contributed by atoms with E-state index in [0.29, 0.717) is 17.1 Å². The molecule has 5 nitrogen and oxygen atoms in total. The predicted molar refractivity (Wildman–Crippen MR) is 108 cm³/mol. The Balaban J connectivity index is 1.89. The minimum Gasteiger partial charge on any atom is -0.265 e. The average molecular weight is 379 g/mol. The van der Waals surface area contributed by atoms with Gasteiger partial charge in [-0.05, 0) is 61.7 Å². The molecular formula is C21H19ClN4O. The Morgan fingerprint density at radius 3 is 2.59 bits per heavy atom. The summed E-state index contributed by atoms with van der Waals surface area (Å²) in [6.07, 6.45) is 1.71. The van der Waals surface area contributed by atoms with E-state index >= 15 is 0 Å². The minimum atomic E-state index is -0.175. The highest BCUT2D eigenvalue weighted by Crippen LogP contribution is 2.20. The van der Waals surface area contributed by atoms with Crippen molar-refractivity contribution >= 4 is 22.5 Å². The average Bonchev–Trinajstić information content (AvgIpc) is 3.08. The molecule has 0 aliphatic rings. The summed E-state index contributed by atoms with van der Waals surface area (Å²) in [5.74, 6) is 0. The number of benzene rings is 2. The Morgan fingerprint density at radius 2 is 1.85 bits per heavy atom. The molecule has 0 saturated heterocycles. The Kier molecular flexibility index (Phi) is 4.32. The van der Waals surface area contributed by atoms with Crippen LogP contribution in [0.2, 0.25) is 5.02 Å². The quantitative estimate of drug-likeness (QED) is 0.536. The number of aryl methyl sites for hydroxylation is 3. The number of nitrogens with zero attached hydrogens (tertiary/aromatic N) is 4. The lowest BCUT2D eigenvalue weighted by molar-refractivity contribution is 0.635. The van der Waals surface area contributed by atoms with Gasteiger partial charge < -0.3 is 0 Å². The van der Waals surface area contributed by atoms with E-state index in [-0.39, 0.29) is 5.56 Å². The van der Waals surface area contributed by atoms with Crippen molar-refractivity contribution in [3.63, 3.8) is 0 Å². The standard InChI is InChI=1S/C21H19ClN4O/c1-13-7-8-18(9-14(13)2)26-20-19(11-23-26)15(3)24-25(21(20)27)12-16-5-4-6-17(22)10-16/h4-11H,12H2,1-3H3. The maximum Gasteiger partial charge on any atom is 0.293 e. The Morgan fingerprint density at radius 1 is 1.04 bits per heavy atom. The number of rotatable bonds is 3. The molecule has 0 saturated carbocycles. The first-order valence-corrected chi connectivity index (χ1v) is 9.09. The number of hydrogen-bond donors (Lipinski definition) is 0. The molecule has 27 heavy (non-hydrogen) atoms. The van der Waals surface area contributed by atoms with Crippen LogP contribution in [-0.4, -0.2) is 19.6 Å². The molecule has 2 aromatic carbocycles. The minimum absolute atomic E-state index is 0.175. The molecule has 4 rings (SSSR count). The molecule has 0 N–H and O–H groups in total. The van der Waals surface area contributed by atoms with Gasteiger partial charge in [0.1, 0.15) is 5.52 Å². The van der Waals surface area contributed by atoms with Crippen molar-refractivity contribution in [1.82, 2.24) is 19.6 Å². The molecule has 0 bridgehead atoms. The summed E-state index contributed by atoms with van der Waals surface area (Å²) >= 11 is 6.07. The molecule has 0 radical (unpaired) electrons. The van der Waals surface area contributed by atoms with Gasteiger partial charge in [0.2, 0.25) is 0 Å². The van der Waals surface area contributed by atoms with Crippen molar-refractivity contribution < 1.29 is 0 Å². The fourth-order valence-electron chi connectivity index (χ4n) is 3.19. The van der Waals surface area contributed by atoms with Crippen LogP contribution in [0.25, 0.3) is 16.6 Å². The molecule has 2 heterocycles. The molecule has 136 valence electrons. The topological polar surface area (TPSA) is 52.7 Å². The molecule has 6 heteroatoms. The maximum absolute atomic E-state index is 13.2. The van der Waals surface area contributed by atoms with Crippen LogP contribution in [0.4, 0.5) is 0 Å². The first-order chi connectivity index (χ1) is 12.9. The second-order valence-corrected chi connectivity index (χ2v) is 7.20. The van der Waals surface area contributed by atoms with Crippen LogP contribution in [0.1, 0.15) is 22.4 Å². The lowest BCUT2D eigenvalue weighted by Crippen LogP contribution is -2.26. The van der Waals surface area contributed by atoms with E-state index in [0.717, 1.165) is 27.9 Å². The summed E-state index contributed by atoms with van der Waals surface area (Å²) in [5, 5.41) is 10.3. The van der Waals surface area contributed by atoms with Gasteiger partial charge in [0.15, 0.2) is 0 Å². The fourth-order valence-corrected chi connectivity index (χ4v) is 3.40. The smallest absolute Gasteiger partial charge is 0.265 e. The van der Waals surface area contributed by atoms with Crippen molar-refractivity contribution in [2.45, 2.75) is 27.3 Å². The summed E-state index contributed by atoms with van der Waals surface area (Å²) in [7, 11) is 0. The zero-order valence-electron chi connectivity index (χ0n) is 15.4. The monoisotopic (exact) mass is 378 g/mol. The van der Waals surface area contributed by atoms with Crippen LogP contribution in [-0.2, 0) is 6.54 Å². The van der Waals surface area contributed by atoms with Crippen molar-refractivity contribution in [3.05, 3.63) is 86.4 Å².